The van der Waals surface area contributed by atoms with Crippen LogP contribution in [0.5, 0.6) is 0 Å². The molecule has 1 atom stereocenters. The minimum Gasteiger partial charge on any atom is -0.480 e. The predicted molar refractivity (Wildman–Crippen MR) is 70.8 cm³/mol. The second-order valence-electron chi connectivity index (χ2n) is 4.29. The number of hydrogen-bond acceptors (Lipinski definition) is 4. The fourth-order valence-electron chi connectivity index (χ4n) is 1.56. The molecule has 112 valence electrons. The van der Waals surface area contributed by atoms with Gasteiger partial charge in [-0.15, -0.1) is 0 Å². The second kappa shape index (κ2) is 5.63. The monoisotopic (exact) mass is 303 g/mol. The fourth-order valence-corrected chi connectivity index (χ4v) is 2.95. The molecule has 20 heavy (non-hydrogen) atoms. The third-order valence-corrected chi connectivity index (χ3v) is 4.91. The summed E-state index contributed by atoms with van der Waals surface area (Å²) in [6.07, 6.45) is 1.27. The zero-order valence-corrected chi connectivity index (χ0v) is 12.4. The van der Waals surface area contributed by atoms with Gasteiger partial charge in [0.25, 0.3) is 5.91 Å². The molecular formula is C11H17N3O5S. The van der Waals surface area contributed by atoms with Gasteiger partial charge in [0.2, 0.25) is 10.0 Å². The van der Waals surface area contributed by atoms with E-state index < -0.39 is 27.9 Å². The normalized spacial score (nSPS) is 13.2. The van der Waals surface area contributed by atoms with Gasteiger partial charge < -0.3 is 15.0 Å². The van der Waals surface area contributed by atoms with Crippen molar-refractivity contribution in [3.63, 3.8) is 0 Å². The van der Waals surface area contributed by atoms with Crippen LogP contribution in [0.15, 0.2) is 17.2 Å². The van der Waals surface area contributed by atoms with Gasteiger partial charge in [0.15, 0.2) is 0 Å². The maximum absolute atomic E-state index is 12.3. The highest BCUT2D eigenvalue weighted by Crippen LogP contribution is 2.19. The fraction of sp³-hybridized carbons (Fsp3) is 0.455. The summed E-state index contributed by atoms with van der Waals surface area (Å²) in [6.45, 7) is 1.27. The lowest BCUT2D eigenvalue weighted by molar-refractivity contribution is -0.140. The largest absolute Gasteiger partial charge is 0.480 e. The number of likely N-dealkylation sites (N-methyl/N-ethyl adjacent to an activating group) is 1. The maximum atomic E-state index is 12.3. The van der Waals surface area contributed by atoms with Crippen LogP contribution in [0.3, 0.4) is 0 Å². The predicted octanol–water partition coefficient (Wildman–Crippen LogP) is -0.522. The lowest BCUT2D eigenvalue weighted by Gasteiger charge is -2.20. The van der Waals surface area contributed by atoms with Gasteiger partial charge >= 0.3 is 5.97 Å². The van der Waals surface area contributed by atoms with Crippen molar-refractivity contribution < 1.29 is 23.1 Å². The lowest BCUT2D eigenvalue weighted by atomic mass is 10.4. The Bertz CT molecular complexity index is 634. The van der Waals surface area contributed by atoms with Crippen LogP contribution in [0.25, 0.3) is 0 Å². The van der Waals surface area contributed by atoms with E-state index >= 15 is 0 Å². The van der Waals surface area contributed by atoms with Crippen molar-refractivity contribution in [1.29, 1.82) is 0 Å². The van der Waals surface area contributed by atoms with E-state index in [1.165, 1.54) is 44.9 Å². The summed E-state index contributed by atoms with van der Waals surface area (Å²) in [5, 5.41) is 11.3. The van der Waals surface area contributed by atoms with Crippen LogP contribution in [0.4, 0.5) is 0 Å². The summed E-state index contributed by atoms with van der Waals surface area (Å²) in [7, 11) is 0.171. The number of aryl methyl sites for hydroxylation is 1. The first-order valence-corrected chi connectivity index (χ1v) is 7.16. The number of nitrogens with zero attached hydrogens (tertiary/aromatic N) is 2. The van der Waals surface area contributed by atoms with Crippen molar-refractivity contribution in [2.75, 3.05) is 14.1 Å². The van der Waals surface area contributed by atoms with E-state index in [1.807, 2.05) is 0 Å². The van der Waals surface area contributed by atoms with E-state index in [0.717, 1.165) is 4.31 Å². The molecule has 0 bridgehead atoms. The highest BCUT2D eigenvalue weighted by Gasteiger charge is 2.31. The molecule has 2 N–H and O–H groups in total. The minimum absolute atomic E-state index is 0.130. The molecule has 0 saturated heterocycles. The highest BCUT2D eigenvalue weighted by molar-refractivity contribution is 7.89. The average Bonchev–Trinajstić information content (AvgIpc) is 2.78. The van der Waals surface area contributed by atoms with Gasteiger partial charge in [0.05, 0.1) is 0 Å². The zero-order valence-electron chi connectivity index (χ0n) is 11.6. The first kappa shape index (κ1) is 16.2. The van der Waals surface area contributed by atoms with E-state index in [4.69, 9.17) is 5.11 Å². The smallest absolute Gasteiger partial charge is 0.321 e. The highest BCUT2D eigenvalue weighted by atomic mass is 32.2. The van der Waals surface area contributed by atoms with Gasteiger partial charge in [-0.25, -0.2) is 8.42 Å². The summed E-state index contributed by atoms with van der Waals surface area (Å²) >= 11 is 0. The number of carbonyl (C=O) groups is 2. The van der Waals surface area contributed by atoms with Gasteiger partial charge in [0, 0.05) is 27.3 Å². The van der Waals surface area contributed by atoms with Crippen LogP contribution in [-0.4, -0.2) is 54.4 Å². The molecule has 9 heteroatoms. The molecule has 0 spiro atoms. The maximum Gasteiger partial charge on any atom is 0.321 e. The summed E-state index contributed by atoms with van der Waals surface area (Å²) in [5.41, 5.74) is 0.169. The van der Waals surface area contributed by atoms with Crippen LogP contribution in [0.1, 0.15) is 17.4 Å². The average molecular weight is 303 g/mol. The first-order chi connectivity index (χ1) is 9.12. The lowest BCUT2D eigenvalue weighted by Crippen LogP contribution is -2.40. The number of sulfonamides is 1. The number of aromatic nitrogens is 1. The van der Waals surface area contributed by atoms with Gasteiger partial charge in [-0.1, -0.05) is 0 Å². The Balaban J connectivity index is 3.24. The molecular weight excluding hydrogens is 286 g/mol. The van der Waals surface area contributed by atoms with E-state index in [2.05, 4.69) is 5.32 Å². The zero-order chi connectivity index (χ0) is 15.7. The number of hydrogen-bond donors (Lipinski definition) is 2. The Hall–Kier alpha value is -1.87. The Morgan fingerprint density at radius 3 is 2.45 bits per heavy atom. The van der Waals surface area contributed by atoms with Gasteiger partial charge in [0.1, 0.15) is 16.6 Å². The summed E-state index contributed by atoms with van der Waals surface area (Å²) in [4.78, 5) is 22.3. The Labute approximate surface area is 117 Å². The third kappa shape index (κ3) is 2.83. The Kier molecular flexibility index (Phi) is 4.56. The van der Waals surface area contributed by atoms with Gasteiger partial charge in [-0.3, -0.25) is 9.59 Å². The molecule has 0 saturated carbocycles. The van der Waals surface area contributed by atoms with Crippen molar-refractivity contribution in [1.82, 2.24) is 14.2 Å². The molecule has 0 aliphatic rings. The van der Waals surface area contributed by atoms with E-state index in [1.54, 1.807) is 0 Å². The van der Waals surface area contributed by atoms with Gasteiger partial charge in [-0.2, -0.15) is 4.31 Å². The number of amides is 1. The van der Waals surface area contributed by atoms with Crippen LogP contribution in [0.2, 0.25) is 0 Å². The Morgan fingerprint density at radius 2 is 2.00 bits per heavy atom. The minimum atomic E-state index is -3.97. The van der Waals surface area contributed by atoms with Crippen LogP contribution >= 0.6 is 0 Å². The molecule has 0 fully saturated rings. The number of carbonyl (C=O) groups excluding carboxylic acids is 1. The topological polar surface area (TPSA) is 109 Å². The van der Waals surface area contributed by atoms with Crippen molar-refractivity contribution in [3.8, 4) is 0 Å². The van der Waals surface area contributed by atoms with Crippen molar-refractivity contribution in [2.45, 2.75) is 17.9 Å². The van der Waals surface area contributed by atoms with Crippen molar-refractivity contribution >= 4 is 21.9 Å². The number of aliphatic carboxylic acids is 1. The van der Waals surface area contributed by atoms with Crippen LogP contribution in [0, 0.1) is 0 Å². The number of carboxylic acid groups (broad SMARTS) is 1. The van der Waals surface area contributed by atoms with Crippen molar-refractivity contribution in [2.24, 2.45) is 7.05 Å². The van der Waals surface area contributed by atoms with E-state index in [9.17, 15) is 18.0 Å². The molecule has 0 aliphatic heterocycles. The molecule has 1 aromatic heterocycles. The third-order valence-electron chi connectivity index (χ3n) is 3.02. The SMILES string of the molecule is CNC(=O)c1cc(S(=O)(=O)N(C)C(C)C(=O)O)cn1C. The molecule has 1 unspecified atom stereocenters. The molecule has 0 aromatic carbocycles. The summed E-state index contributed by atoms with van der Waals surface area (Å²) in [6, 6.07) is 0.00263. The molecule has 8 nitrogen and oxygen atoms in total. The second-order valence-corrected chi connectivity index (χ2v) is 6.28. The van der Waals surface area contributed by atoms with E-state index in [-0.39, 0.29) is 10.6 Å². The van der Waals surface area contributed by atoms with E-state index in [0.29, 0.717) is 0 Å². The summed E-state index contributed by atoms with van der Waals surface area (Å²) in [5.74, 6) is -1.68. The standard InChI is InChI=1S/C11H17N3O5S/c1-7(11(16)17)14(4)20(18,19)8-5-9(10(15)12-2)13(3)6-8/h5-7H,1-4H3,(H,12,15)(H,16,17). The molecule has 0 aliphatic carbocycles. The molecule has 1 heterocycles. The van der Waals surface area contributed by atoms with Crippen LogP contribution in [-0.2, 0) is 21.9 Å². The van der Waals surface area contributed by atoms with Crippen LogP contribution < -0.4 is 5.32 Å². The number of carboxylic acids is 1. The number of rotatable bonds is 5. The summed E-state index contributed by atoms with van der Waals surface area (Å²) < 4.78 is 26.7. The van der Waals surface area contributed by atoms with Crippen molar-refractivity contribution in [3.05, 3.63) is 18.0 Å². The first-order valence-electron chi connectivity index (χ1n) is 5.72. The quantitative estimate of drug-likeness (QED) is 0.760. The molecule has 1 aromatic rings. The molecule has 0 radical (unpaired) electrons. The molecule has 1 rings (SSSR count). The molecule has 1 amide bonds. The Morgan fingerprint density at radius 1 is 1.45 bits per heavy atom. The van der Waals surface area contributed by atoms with Gasteiger partial charge in [-0.05, 0) is 13.0 Å². The number of nitrogens with one attached hydrogen (secondary N) is 1.